The van der Waals surface area contributed by atoms with E-state index >= 15 is 0 Å². The zero-order valence-electron chi connectivity index (χ0n) is 12.0. The van der Waals surface area contributed by atoms with Crippen molar-refractivity contribution in [3.63, 3.8) is 0 Å². The van der Waals surface area contributed by atoms with E-state index in [9.17, 15) is 9.59 Å². The van der Waals surface area contributed by atoms with Gasteiger partial charge in [-0.3, -0.25) is 4.79 Å². The van der Waals surface area contributed by atoms with Crippen LogP contribution in [0, 0.1) is 6.92 Å². The summed E-state index contributed by atoms with van der Waals surface area (Å²) in [5.41, 5.74) is 2.15. The van der Waals surface area contributed by atoms with Crippen molar-refractivity contribution < 1.29 is 14.3 Å². The molecule has 108 valence electrons. The lowest BCUT2D eigenvalue weighted by atomic mass is 10.1. The molecule has 0 saturated heterocycles. The Hall–Kier alpha value is -2.62. The van der Waals surface area contributed by atoms with Crippen LogP contribution in [-0.4, -0.2) is 18.0 Å². The van der Waals surface area contributed by atoms with Crippen molar-refractivity contribution in [2.75, 3.05) is 5.32 Å². The maximum Gasteiger partial charge on any atom is 0.338 e. The van der Waals surface area contributed by atoms with E-state index in [1.165, 1.54) is 0 Å². The van der Waals surface area contributed by atoms with E-state index in [-0.39, 0.29) is 5.91 Å². The van der Waals surface area contributed by atoms with E-state index < -0.39 is 12.1 Å². The Kier molecular flexibility index (Phi) is 4.72. The van der Waals surface area contributed by atoms with Crippen molar-refractivity contribution in [3.05, 3.63) is 65.7 Å². The van der Waals surface area contributed by atoms with E-state index in [1.807, 2.05) is 37.3 Å². The number of anilines is 1. The number of para-hydroxylation sites is 1. The predicted octanol–water partition coefficient (Wildman–Crippen LogP) is 3.18. The lowest BCUT2D eigenvalue weighted by Gasteiger charge is -2.13. The molecular weight excluding hydrogens is 266 g/mol. The maximum atomic E-state index is 11.9. The molecule has 2 rings (SSSR count). The summed E-state index contributed by atoms with van der Waals surface area (Å²) >= 11 is 0. The smallest absolute Gasteiger partial charge is 0.338 e. The van der Waals surface area contributed by atoms with Crippen LogP contribution in [0.5, 0.6) is 0 Å². The SMILES string of the molecule is Cc1ccc(C(=O)O[C@H](C)C(=O)Nc2ccccc2)cc1. The first kappa shape index (κ1) is 14.8. The molecule has 2 aromatic rings. The molecule has 0 bridgehead atoms. The van der Waals surface area contributed by atoms with Gasteiger partial charge in [0.1, 0.15) is 0 Å². The van der Waals surface area contributed by atoms with Crippen LogP contribution in [0.4, 0.5) is 5.69 Å². The van der Waals surface area contributed by atoms with Crippen molar-refractivity contribution >= 4 is 17.6 Å². The average molecular weight is 283 g/mol. The molecule has 0 aromatic heterocycles. The highest BCUT2D eigenvalue weighted by Crippen LogP contribution is 2.09. The van der Waals surface area contributed by atoms with Gasteiger partial charge in [0.25, 0.3) is 5.91 Å². The van der Waals surface area contributed by atoms with Crippen LogP contribution in [0.15, 0.2) is 54.6 Å². The Morgan fingerprint density at radius 3 is 2.24 bits per heavy atom. The molecule has 0 radical (unpaired) electrons. The molecule has 0 aliphatic heterocycles. The highest BCUT2D eigenvalue weighted by atomic mass is 16.5. The molecule has 1 N–H and O–H groups in total. The Morgan fingerprint density at radius 1 is 1.00 bits per heavy atom. The monoisotopic (exact) mass is 283 g/mol. The largest absolute Gasteiger partial charge is 0.449 e. The molecule has 1 atom stereocenters. The van der Waals surface area contributed by atoms with Crippen LogP contribution in [0.1, 0.15) is 22.8 Å². The van der Waals surface area contributed by atoms with Crippen molar-refractivity contribution in [3.8, 4) is 0 Å². The second kappa shape index (κ2) is 6.70. The third-order valence-electron chi connectivity index (χ3n) is 2.98. The number of ether oxygens (including phenoxy) is 1. The number of hydrogen-bond donors (Lipinski definition) is 1. The molecule has 0 aliphatic rings. The Morgan fingerprint density at radius 2 is 1.62 bits per heavy atom. The zero-order chi connectivity index (χ0) is 15.2. The van der Waals surface area contributed by atoms with E-state index in [0.29, 0.717) is 11.3 Å². The molecule has 2 aromatic carbocycles. The summed E-state index contributed by atoms with van der Waals surface area (Å²) in [5.74, 6) is -0.868. The summed E-state index contributed by atoms with van der Waals surface area (Å²) in [7, 11) is 0. The standard InChI is InChI=1S/C17H17NO3/c1-12-8-10-14(11-9-12)17(20)21-13(2)16(19)18-15-6-4-3-5-7-15/h3-11,13H,1-2H3,(H,18,19)/t13-/m1/s1. The number of carbonyl (C=O) groups excluding carboxylic acids is 2. The molecule has 0 fully saturated rings. The summed E-state index contributed by atoms with van der Waals surface area (Å²) in [6, 6.07) is 16.0. The van der Waals surface area contributed by atoms with Gasteiger partial charge in [-0.15, -0.1) is 0 Å². The predicted molar refractivity (Wildman–Crippen MR) is 81.1 cm³/mol. The lowest BCUT2D eigenvalue weighted by molar-refractivity contribution is -0.123. The van der Waals surface area contributed by atoms with Gasteiger partial charge in [0, 0.05) is 5.69 Å². The molecule has 4 nitrogen and oxygen atoms in total. The van der Waals surface area contributed by atoms with Gasteiger partial charge in [0.15, 0.2) is 6.10 Å². The molecule has 0 unspecified atom stereocenters. The number of nitrogens with one attached hydrogen (secondary N) is 1. The van der Waals surface area contributed by atoms with Crippen LogP contribution in [0.3, 0.4) is 0 Å². The number of hydrogen-bond acceptors (Lipinski definition) is 3. The molecule has 0 saturated carbocycles. The zero-order valence-corrected chi connectivity index (χ0v) is 12.0. The minimum Gasteiger partial charge on any atom is -0.449 e. The number of amides is 1. The fourth-order valence-corrected chi connectivity index (χ4v) is 1.74. The summed E-state index contributed by atoms with van der Waals surface area (Å²) in [6.45, 7) is 3.48. The van der Waals surface area contributed by atoms with Crippen molar-refractivity contribution in [1.82, 2.24) is 0 Å². The minimum atomic E-state index is -0.862. The number of rotatable bonds is 4. The summed E-state index contributed by atoms with van der Waals surface area (Å²) in [6.07, 6.45) is -0.862. The molecule has 0 heterocycles. The fraction of sp³-hybridized carbons (Fsp3) is 0.176. The third kappa shape index (κ3) is 4.18. The van der Waals surface area contributed by atoms with Crippen molar-refractivity contribution in [1.29, 1.82) is 0 Å². The first-order chi connectivity index (χ1) is 10.1. The van der Waals surface area contributed by atoms with Crippen molar-refractivity contribution in [2.24, 2.45) is 0 Å². The molecule has 4 heteroatoms. The van der Waals surface area contributed by atoms with Gasteiger partial charge in [0.2, 0.25) is 0 Å². The number of esters is 1. The van der Waals surface area contributed by atoms with Crippen LogP contribution >= 0.6 is 0 Å². The third-order valence-corrected chi connectivity index (χ3v) is 2.98. The highest BCUT2D eigenvalue weighted by Gasteiger charge is 2.18. The molecule has 0 aliphatic carbocycles. The van der Waals surface area contributed by atoms with Gasteiger partial charge in [-0.25, -0.2) is 4.79 Å². The molecule has 0 spiro atoms. The van der Waals surface area contributed by atoms with Gasteiger partial charge >= 0.3 is 5.97 Å². The topological polar surface area (TPSA) is 55.4 Å². The van der Waals surface area contributed by atoms with Gasteiger partial charge in [0.05, 0.1) is 5.56 Å². The van der Waals surface area contributed by atoms with Gasteiger partial charge < -0.3 is 10.1 Å². The van der Waals surface area contributed by atoms with E-state index in [0.717, 1.165) is 5.56 Å². The Balaban J connectivity index is 1.94. The number of benzene rings is 2. The van der Waals surface area contributed by atoms with Gasteiger partial charge in [-0.1, -0.05) is 35.9 Å². The van der Waals surface area contributed by atoms with Crippen molar-refractivity contribution in [2.45, 2.75) is 20.0 Å². The van der Waals surface area contributed by atoms with E-state index in [4.69, 9.17) is 4.74 Å². The number of carbonyl (C=O) groups is 2. The van der Waals surface area contributed by atoms with Gasteiger partial charge in [-0.2, -0.15) is 0 Å². The second-order valence-electron chi connectivity index (χ2n) is 4.77. The van der Waals surface area contributed by atoms with Crippen LogP contribution in [0.2, 0.25) is 0 Å². The fourth-order valence-electron chi connectivity index (χ4n) is 1.74. The van der Waals surface area contributed by atoms with E-state index in [1.54, 1.807) is 31.2 Å². The Bertz CT molecular complexity index is 620. The van der Waals surface area contributed by atoms with Crippen LogP contribution in [-0.2, 0) is 9.53 Å². The first-order valence-electron chi connectivity index (χ1n) is 6.70. The first-order valence-corrected chi connectivity index (χ1v) is 6.70. The number of aryl methyl sites for hydroxylation is 1. The second-order valence-corrected chi connectivity index (χ2v) is 4.77. The highest BCUT2D eigenvalue weighted by molar-refractivity contribution is 5.97. The van der Waals surface area contributed by atoms with Gasteiger partial charge in [-0.05, 0) is 38.1 Å². The summed E-state index contributed by atoms with van der Waals surface area (Å²) in [4.78, 5) is 23.9. The summed E-state index contributed by atoms with van der Waals surface area (Å²) in [5, 5.41) is 2.69. The summed E-state index contributed by atoms with van der Waals surface area (Å²) < 4.78 is 5.16. The normalized spacial score (nSPS) is 11.5. The lowest BCUT2D eigenvalue weighted by Crippen LogP contribution is -2.29. The molecule has 1 amide bonds. The van der Waals surface area contributed by atoms with Crippen LogP contribution < -0.4 is 5.32 Å². The molecular formula is C17H17NO3. The Labute approximate surface area is 123 Å². The van der Waals surface area contributed by atoms with Crippen LogP contribution in [0.25, 0.3) is 0 Å². The molecule has 21 heavy (non-hydrogen) atoms. The van der Waals surface area contributed by atoms with E-state index in [2.05, 4.69) is 5.32 Å². The minimum absolute atomic E-state index is 0.360. The maximum absolute atomic E-state index is 11.9. The quantitative estimate of drug-likeness (QED) is 0.877. The average Bonchev–Trinajstić information content (AvgIpc) is 2.48.